The smallest absolute Gasteiger partial charge is 0.246 e. The minimum Gasteiger partial charge on any atom is -0.503 e. The topological polar surface area (TPSA) is 66.4 Å². The number of benzene rings is 2. The Bertz CT molecular complexity index is 786. The third-order valence-electron chi connectivity index (χ3n) is 2.78. The Morgan fingerprint density at radius 3 is 1.80 bits per heavy atom. The van der Waals surface area contributed by atoms with Gasteiger partial charge in [-0.25, -0.2) is 21.9 Å². The highest BCUT2D eigenvalue weighted by atomic mass is 32.2. The minimum absolute atomic E-state index is 0. The van der Waals surface area contributed by atoms with Crippen molar-refractivity contribution in [2.45, 2.75) is 25.3 Å². The quantitative estimate of drug-likeness (QED) is 0.610. The number of hydrogen-bond acceptors (Lipinski definition) is 3. The predicted octanol–water partition coefficient (Wildman–Crippen LogP) is 3.57. The molecule has 140 valence electrons. The summed E-state index contributed by atoms with van der Waals surface area (Å²) in [4.78, 5) is -1.82. The van der Waals surface area contributed by atoms with Crippen LogP contribution >= 0.6 is 13.5 Å². The van der Waals surface area contributed by atoms with Crippen LogP contribution in [0.3, 0.4) is 0 Å². The maximum absolute atomic E-state index is 13.6. The molecule has 2 aromatic carbocycles. The number of halogens is 4. The number of sulfonamides is 1. The molecule has 0 saturated heterocycles. The predicted molar refractivity (Wildman–Crippen MR) is 90.1 cm³/mol. The summed E-state index contributed by atoms with van der Waals surface area (Å²) in [6, 6.07) is 7.94. The SMILES string of the molecule is CC.O=S(=O)(NCc1ccccc1)c1c(F)c(F)c(O)c(F)c1F.S. The van der Waals surface area contributed by atoms with E-state index < -0.39 is 43.9 Å². The van der Waals surface area contributed by atoms with Crippen LogP contribution in [0.2, 0.25) is 0 Å². The highest BCUT2D eigenvalue weighted by Crippen LogP contribution is 2.31. The van der Waals surface area contributed by atoms with E-state index in [2.05, 4.69) is 0 Å². The third-order valence-corrected chi connectivity index (χ3v) is 4.20. The van der Waals surface area contributed by atoms with Crippen LogP contribution in [-0.2, 0) is 16.6 Å². The number of hydrogen-bond donors (Lipinski definition) is 2. The first kappa shape index (κ1) is 23.2. The normalized spacial score (nSPS) is 10.5. The highest BCUT2D eigenvalue weighted by Gasteiger charge is 2.33. The lowest BCUT2D eigenvalue weighted by atomic mass is 10.2. The zero-order valence-corrected chi connectivity index (χ0v) is 15.1. The fourth-order valence-electron chi connectivity index (χ4n) is 1.68. The molecule has 10 heteroatoms. The van der Waals surface area contributed by atoms with Gasteiger partial charge >= 0.3 is 0 Å². The van der Waals surface area contributed by atoms with E-state index >= 15 is 0 Å². The molecule has 0 aromatic heterocycles. The van der Waals surface area contributed by atoms with Crippen molar-refractivity contribution in [1.29, 1.82) is 0 Å². The second-order valence-corrected chi connectivity index (χ2v) is 5.95. The Labute approximate surface area is 150 Å². The summed E-state index contributed by atoms with van der Waals surface area (Å²) in [5.41, 5.74) is 0.464. The third kappa shape index (κ3) is 5.10. The zero-order valence-electron chi connectivity index (χ0n) is 13.3. The molecule has 2 N–H and O–H groups in total. The van der Waals surface area contributed by atoms with Gasteiger partial charge in [-0.1, -0.05) is 44.2 Å². The van der Waals surface area contributed by atoms with Crippen LogP contribution in [0.15, 0.2) is 35.2 Å². The van der Waals surface area contributed by atoms with Crippen LogP contribution in [0.25, 0.3) is 0 Å². The summed E-state index contributed by atoms with van der Waals surface area (Å²) in [5, 5.41) is 8.82. The van der Waals surface area contributed by atoms with Crippen molar-refractivity contribution < 1.29 is 31.1 Å². The summed E-state index contributed by atoms with van der Waals surface area (Å²) in [6.45, 7) is 3.66. The molecule has 2 aromatic rings. The van der Waals surface area contributed by atoms with Crippen LogP contribution in [0.5, 0.6) is 5.75 Å². The van der Waals surface area contributed by atoms with Gasteiger partial charge < -0.3 is 5.11 Å². The van der Waals surface area contributed by atoms with Gasteiger partial charge in [0.2, 0.25) is 21.7 Å². The molecule has 0 aliphatic carbocycles. The van der Waals surface area contributed by atoms with Crippen molar-refractivity contribution in [3.63, 3.8) is 0 Å². The van der Waals surface area contributed by atoms with E-state index in [1.165, 1.54) is 12.1 Å². The maximum atomic E-state index is 13.6. The molecular formula is C15H17F4NO3S2. The summed E-state index contributed by atoms with van der Waals surface area (Å²) in [7, 11) is -4.87. The second kappa shape index (κ2) is 9.64. The molecule has 0 bridgehead atoms. The standard InChI is InChI=1S/C13H9F4NO3S.C2H6.H2S/c14-8-10(16)13(11(17)9(15)12(8)19)22(20,21)18-6-7-4-2-1-3-5-7;1-2;/h1-5,18-19H,6H2;1-2H3;1H2. The van der Waals surface area contributed by atoms with E-state index in [1.54, 1.807) is 18.2 Å². The van der Waals surface area contributed by atoms with Crippen molar-refractivity contribution in [3.8, 4) is 5.75 Å². The van der Waals surface area contributed by atoms with Crippen molar-refractivity contribution in [1.82, 2.24) is 4.72 Å². The minimum atomic E-state index is -4.87. The van der Waals surface area contributed by atoms with Gasteiger partial charge in [-0.3, -0.25) is 0 Å². The molecule has 0 radical (unpaired) electrons. The first-order valence-electron chi connectivity index (χ1n) is 6.84. The number of rotatable bonds is 4. The number of aromatic hydroxyl groups is 1. The van der Waals surface area contributed by atoms with Crippen LogP contribution in [0.4, 0.5) is 17.6 Å². The van der Waals surface area contributed by atoms with Crippen molar-refractivity contribution in [3.05, 3.63) is 59.2 Å². The van der Waals surface area contributed by atoms with Gasteiger partial charge in [0.25, 0.3) is 0 Å². The Morgan fingerprint density at radius 1 is 0.920 bits per heavy atom. The van der Waals surface area contributed by atoms with Crippen LogP contribution in [0, 0.1) is 23.3 Å². The molecule has 0 aliphatic heterocycles. The van der Waals surface area contributed by atoms with Gasteiger partial charge in [0, 0.05) is 6.54 Å². The molecule has 2 rings (SSSR count). The van der Waals surface area contributed by atoms with E-state index in [9.17, 15) is 26.0 Å². The second-order valence-electron chi connectivity index (χ2n) is 4.24. The average Bonchev–Trinajstić information content (AvgIpc) is 2.59. The lowest BCUT2D eigenvalue weighted by molar-refractivity contribution is 0.342. The van der Waals surface area contributed by atoms with Crippen LogP contribution in [-0.4, -0.2) is 13.5 Å². The molecule has 25 heavy (non-hydrogen) atoms. The fourth-order valence-corrected chi connectivity index (χ4v) is 2.83. The first-order chi connectivity index (χ1) is 11.3. The largest absolute Gasteiger partial charge is 0.503 e. The Hall–Kier alpha value is -1.78. The molecule has 0 aliphatic rings. The van der Waals surface area contributed by atoms with Crippen LogP contribution in [0.1, 0.15) is 19.4 Å². The van der Waals surface area contributed by atoms with Crippen molar-refractivity contribution in [2.75, 3.05) is 0 Å². The molecular weight excluding hydrogens is 382 g/mol. The van der Waals surface area contributed by atoms with Crippen molar-refractivity contribution >= 4 is 23.5 Å². The molecule has 0 fully saturated rings. The van der Waals surface area contributed by atoms with E-state index in [-0.39, 0.29) is 20.0 Å². The van der Waals surface area contributed by atoms with Gasteiger partial charge in [0.1, 0.15) is 0 Å². The highest BCUT2D eigenvalue weighted by molar-refractivity contribution is 7.89. The maximum Gasteiger partial charge on any atom is 0.246 e. The van der Waals surface area contributed by atoms with E-state index in [0.29, 0.717) is 5.56 Å². The van der Waals surface area contributed by atoms with E-state index in [0.717, 1.165) is 0 Å². The fraction of sp³-hybridized carbons (Fsp3) is 0.200. The summed E-state index contributed by atoms with van der Waals surface area (Å²) in [5.74, 6) is -10.7. The summed E-state index contributed by atoms with van der Waals surface area (Å²) < 4.78 is 79.1. The Kier molecular flexibility index (Phi) is 8.95. The molecule has 0 heterocycles. The van der Waals surface area contributed by atoms with Crippen LogP contribution < -0.4 is 4.72 Å². The molecule has 4 nitrogen and oxygen atoms in total. The van der Waals surface area contributed by atoms with Crippen molar-refractivity contribution in [2.24, 2.45) is 0 Å². The first-order valence-corrected chi connectivity index (χ1v) is 8.32. The van der Waals surface area contributed by atoms with Gasteiger partial charge in [-0.05, 0) is 5.56 Å². The lowest BCUT2D eigenvalue weighted by Crippen LogP contribution is -2.26. The molecule has 0 spiro atoms. The molecule has 0 atom stereocenters. The van der Waals surface area contributed by atoms with Gasteiger partial charge in [0.15, 0.2) is 22.3 Å². The summed E-state index contributed by atoms with van der Waals surface area (Å²) in [6.07, 6.45) is 0. The average molecular weight is 399 g/mol. The lowest BCUT2D eigenvalue weighted by Gasteiger charge is -2.11. The summed E-state index contributed by atoms with van der Waals surface area (Å²) >= 11 is 0. The molecule has 0 amide bonds. The Balaban J connectivity index is 0.00000185. The zero-order chi connectivity index (χ0) is 18.5. The van der Waals surface area contributed by atoms with Gasteiger partial charge in [-0.15, -0.1) is 0 Å². The van der Waals surface area contributed by atoms with E-state index in [4.69, 9.17) is 5.11 Å². The van der Waals surface area contributed by atoms with Gasteiger partial charge in [-0.2, -0.15) is 22.3 Å². The van der Waals surface area contributed by atoms with E-state index in [1.807, 2.05) is 18.6 Å². The Morgan fingerprint density at radius 2 is 1.36 bits per heavy atom. The molecule has 0 saturated carbocycles. The number of nitrogens with one attached hydrogen (secondary N) is 1. The molecule has 0 unspecified atom stereocenters. The monoisotopic (exact) mass is 399 g/mol. The number of phenolic OH excluding ortho intramolecular Hbond substituents is 1. The number of phenols is 1. The van der Waals surface area contributed by atoms with Gasteiger partial charge in [0.05, 0.1) is 0 Å².